The molecule has 0 saturated heterocycles. The Labute approximate surface area is 111 Å². The highest BCUT2D eigenvalue weighted by Crippen LogP contribution is 2.28. The molecule has 0 aliphatic heterocycles. The lowest BCUT2D eigenvalue weighted by molar-refractivity contribution is 0.0524. The van der Waals surface area contributed by atoms with E-state index in [1.807, 2.05) is 12.2 Å². The van der Waals surface area contributed by atoms with Gasteiger partial charge in [0.2, 0.25) is 0 Å². The third kappa shape index (κ3) is 2.33. The van der Waals surface area contributed by atoms with Crippen LogP contribution in [0.15, 0.2) is 6.08 Å². The molecule has 0 radical (unpaired) electrons. The van der Waals surface area contributed by atoms with Crippen LogP contribution in [-0.4, -0.2) is 23.3 Å². The summed E-state index contributed by atoms with van der Waals surface area (Å²) >= 11 is 0. The molecule has 0 atom stereocenters. The number of esters is 1. The molecule has 0 fully saturated rings. The van der Waals surface area contributed by atoms with Gasteiger partial charge in [-0.1, -0.05) is 6.08 Å². The van der Waals surface area contributed by atoms with Crippen LogP contribution in [0.1, 0.15) is 40.7 Å². The number of rotatable bonds is 3. The van der Waals surface area contributed by atoms with Crippen molar-refractivity contribution in [2.24, 2.45) is 5.73 Å². The molecule has 2 amide bonds. The summed E-state index contributed by atoms with van der Waals surface area (Å²) in [4.78, 5) is 23.1. The number of nitrogens with zero attached hydrogens (tertiary/aromatic N) is 1. The SMILES string of the molecule is CCOC(=O)c1c2c(n(NC(N)=O)c1C)C=CCC2. The van der Waals surface area contributed by atoms with E-state index in [0.29, 0.717) is 17.9 Å². The van der Waals surface area contributed by atoms with Crippen LogP contribution in [0, 0.1) is 6.92 Å². The van der Waals surface area contributed by atoms with Crippen LogP contribution in [0.5, 0.6) is 0 Å². The second kappa shape index (κ2) is 5.17. The Balaban J connectivity index is 2.55. The maximum absolute atomic E-state index is 12.0. The highest BCUT2D eigenvalue weighted by atomic mass is 16.5. The zero-order valence-corrected chi connectivity index (χ0v) is 11.0. The first-order chi connectivity index (χ1) is 9.06. The first-order valence-electron chi connectivity index (χ1n) is 6.20. The molecule has 0 aromatic carbocycles. The van der Waals surface area contributed by atoms with E-state index in [4.69, 9.17) is 10.5 Å². The van der Waals surface area contributed by atoms with Gasteiger partial charge in [-0.25, -0.2) is 15.0 Å². The second-order valence-corrected chi connectivity index (χ2v) is 4.30. The molecule has 1 aliphatic carbocycles. The van der Waals surface area contributed by atoms with Crippen LogP contribution < -0.4 is 11.2 Å². The fourth-order valence-corrected chi connectivity index (χ4v) is 2.35. The molecule has 6 heteroatoms. The van der Waals surface area contributed by atoms with E-state index in [1.165, 1.54) is 0 Å². The predicted molar refractivity (Wildman–Crippen MR) is 71.4 cm³/mol. The molecule has 3 N–H and O–H groups in total. The number of nitrogens with two attached hydrogens (primary N) is 1. The zero-order valence-electron chi connectivity index (χ0n) is 11.0. The van der Waals surface area contributed by atoms with Crippen molar-refractivity contribution in [1.29, 1.82) is 0 Å². The number of primary amides is 1. The molecule has 1 heterocycles. The van der Waals surface area contributed by atoms with Crippen molar-refractivity contribution in [3.8, 4) is 0 Å². The second-order valence-electron chi connectivity index (χ2n) is 4.30. The van der Waals surface area contributed by atoms with E-state index >= 15 is 0 Å². The average molecular weight is 263 g/mol. The predicted octanol–water partition coefficient (Wildman–Crippen LogP) is 1.55. The molecule has 1 aromatic rings. The number of ether oxygens (including phenoxy) is 1. The van der Waals surface area contributed by atoms with Gasteiger partial charge in [0.1, 0.15) is 0 Å². The van der Waals surface area contributed by atoms with E-state index in [1.54, 1.807) is 18.5 Å². The minimum atomic E-state index is -0.671. The number of nitrogens with one attached hydrogen (secondary N) is 1. The molecule has 0 saturated carbocycles. The van der Waals surface area contributed by atoms with Gasteiger partial charge < -0.3 is 10.5 Å². The maximum Gasteiger partial charge on any atom is 0.340 e. The van der Waals surface area contributed by atoms with E-state index in [9.17, 15) is 9.59 Å². The highest BCUT2D eigenvalue weighted by molar-refractivity contribution is 5.94. The van der Waals surface area contributed by atoms with Gasteiger partial charge in [0, 0.05) is 0 Å². The molecule has 0 spiro atoms. The third-order valence-corrected chi connectivity index (χ3v) is 3.09. The van der Waals surface area contributed by atoms with Crippen LogP contribution in [0.3, 0.4) is 0 Å². The first kappa shape index (κ1) is 13.2. The molecule has 102 valence electrons. The largest absolute Gasteiger partial charge is 0.462 e. The van der Waals surface area contributed by atoms with Gasteiger partial charge in [0.05, 0.1) is 23.6 Å². The average Bonchev–Trinajstić information content (AvgIpc) is 2.63. The third-order valence-electron chi connectivity index (χ3n) is 3.09. The normalized spacial score (nSPS) is 12.9. The van der Waals surface area contributed by atoms with Crippen molar-refractivity contribution in [2.45, 2.75) is 26.7 Å². The molecule has 19 heavy (non-hydrogen) atoms. The Morgan fingerprint density at radius 1 is 1.53 bits per heavy atom. The Morgan fingerprint density at radius 3 is 2.89 bits per heavy atom. The number of fused-ring (bicyclic) bond motifs is 1. The van der Waals surface area contributed by atoms with Gasteiger partial charge in [-0.15, -0.1) is 0 Å². The minimum absolute atomic E-state index is 0.317. The van der Waals surface area contributed by atoms with Gasteiger partial charge in [-0.2, -0.15) is 0 Å². The highest BCUT2D eigenvalue weighted by Gasteiger charge is 2.26. The number of hydrogen-bond acceptors (Lipinski definition) is 3. The standard InChI is InChI=1S/C13H17N3O3/c1-3-19-12(17)11-8(2)16(15-13(14)18)10-7-5-4-6-9(10)11/h5,7H,3-4,6H2,1-2H3,(H3,14,15,18). The lowest BCUT2D eigenvalue weighted by atomic mass is 9.99. The van der Waals surface area contributed by atoms with Crippen molar-refractivity contribution in [3.63, 3.8) is 0 Å². The Morgan fingerprint density at radius 2 is 2.26 bits per heavy atom. The summed E-state index contributed by atoms with van der Waals surface area (Å²) in [7, 11) is 0. The molecule has 6 nitrogen and oxygen atoms in total. The Hall–Kier alpha value is -2.24. The van der Waals surface area contributed by atoms with Gasteiger partial charge in [0.15, 0.2) is 0 Å². The van der Waals surface area contributed by atoms with Crippen LogP contribution in [0.25, 0.3) is 6.08 Å². The lowest BCUT2D eigenvalue weighted by Gasteiger charge is -2.11. The Kier molecular flexibility index (Phi) is 3.59. The number of aromatic nitrogens is 1. The van der Waals surface area contributed by atoms with Gasteiger partial charge in [-0.3, -0.25) is 4.68 Å². The van der Waals surface area contributed by atoms with Crippen molar-refractivity contribution in [1.82, 2.24) is 4.68 Å². The van der Waals surface area contributed by atoms with Crippen LogP contribution in [0.2, 0.25) is 0 Å². The maximum atomic E-state index is 12.0. The van der Waals surface area contributed by atoms with E-state index in [0.717, 1.165) is 24.1 Å². The molecule has 1 aromatic heterocycles. The molecule has 1 aliphatic rings. The minimum Gasteiger partial charge on any atom is -0.462 e. The van der Waals surface area contributed by atoms with Gasteiger partial charge >= 0.3 is 12.0 Å². The number of hydrogen-bond donors (Lipinski definition) is 2. The van der Waals surface area contributed by atoms with E-state index in [2.05, 4.69) is 5.43 Å². The summed E-state index contributed by atoms with van der Waals surface area (Å²) in [5.41, 5.74) is 10.5. The number of allylic oxidation sites excluding steroid dienone is 1. The topological polar surface area (TPSA) is 86.3 Å². The first-order valence-corrected chi connectivity index (χ1v) is 6.20. The van der Waals surface area contributed by atoms with E-state index in [-0.39, 0.29) is 5.97 Å². The lowest BCUT2D eigenvalue weighted by Crippen LogP contribution is -2.30. The number of amides is 2. The molecule has 0 unspecified atom stereocenters. The number of carbonyl (C=O) groups excluding carboxylic acids is 2. The van der Waals surface area contributed by atoms with Crippen molar-refractivity contribution < 1.29 is 14.3 Å². The van der Waals surface area contributed by atoms with Crippen molar-refractivity contribution in [2.75, 3.05) is 12.0 Å². The molecular formula is C13H17N3O3. The van der Waals surface area contributed by atoms with E-state index < -0.39 is 6.03 Å². The smallest absolute Gasteiger partial charge is 0.340 e. The van der Waals surface area contributed by atoms with Crippen molar-refractivity contribution >= 4 is 18.1 Å². The van der Waals surface area contributed by atoms with Crippen LogP contribution >= 0.6 is 0 Å². The van der Waals surface area contributed by atoms with Crippen molar-refractivity contribution in [3.05, 3.63) is 28.6 Å². The summed E-state index contributed by atoms with van der Waals surface area (Å²) in [5.74, 6) is -0.364. The van der Waals surface area contributed by atoms with Crippen LogP contribution in [-0.2, 0) is 11.2 Å². The quantitative estimate of drug-likeness (QED) is 0.811. The summed E-state index contributed by atoms with van der Waals surface area (Å²) in [6.45, 7) is 3.84. The fraction of sp³-hybridized carbons (Fsp3) is 0.385. The van der Waals surface area contributed by atoms with Crippen LogP contribution in [0.4, 0.5) is 4.79 Å². The number of urea groups is 1. The summed E-state index contributed by atoms with van der Waals surface area (Å²) in [6, 6.07) is -0.671. The Bertz CT molecular complexity index is 558. The van der Waals surface area contributed by atoms with Gasteiger partial charge in [0.25, 0.3) is 0 Å². The summed E-state index contributed by atoms with van der Waals surface area (Å²) in [6.07, 6.45) is 5.48. The summed E-state index contributed by atoms with van der Waals surface area (Å²) < 4.78 is 6.61. The molecule has 0 bridgehead atoms. The number of carbonyl (C=O) groups is 2. The monoisotopic (exact) mass is 263 g/mol. The molecular weight excluding hydrogens is 246 g/mol. The fourth-order valence-electron chi connectivity index (χ4n) is 2.35. The molecule has 2 rings (SSSR count). The zero-order chi connectivity index (χ0) is 14.0. The van der Waals surface area contributed by atoms with Gasteiger partial charge in [-0.05, 0) is 38.3 Å². The summed E-state index contributed by atoms with van der Waals surface area (Å²) in [5, 5.41) is 0.